The van der Waals surface area contributed by atoms with Gasteiger partial charge in [0.25, 0.3) is 0 Å². The van der Waals surface area contributed by atoms with Crippen LogP contribution in [0.3, 0.4) is 0 Å². The van der Waals surface area contributed by atoms with Crippen LogP contribution in [0.4, 0.5) is 15.8 Å². The number of benzene rings is 2. The number of hydrogen-bond acceptors (Lipinski definition) is 5. The highest BCUT2D eigenvalue weighted by Gasteiger charge is 2.12. The molecule has 0 radical (unpaired) electrons. The predicted octanol–water partition coefficient (Wildman–Crippen LogP) is 6.42. The first kappa shape index (κ1) is 15.9. The summed E-state index contributed by atoms with van der Waals surface area (Å²) in [6.45, 7) is 2.03. The second-order valence-corrected chi connectivity index (χ2v) is 6.72. The fourth-order valence-corrected chi connectivity index (χ4v) is 3.08. The van der Waals surface area contributed by atoms with Crippen LogP contribution in [0.1, 0.15) is 5.56 Å². The molecule has 0 aliphatic heterocycles. The lowest BCUT2D eigenvalue weighted by atomic mass is 10.1. The van der Waals surface area contributed by atoms with Crippen LogP contribution in [-0.4, -0.2) is 4.98 Å². The lowest BCUT2D eigenvalue weighted by Gasteiger charge is -2.00. The largest absolute Gasteiger partial charge is 0.375 e. The maximum absolute atomic E-state index is 6.10. The minimum absolute atomic E-state index is 0.440. The van der Waals surface area contributed by atoms with E-state index in [1.807, 2.05) is 31.2 Å². The van der Waals surface area contributed by atoms with E-state index in [9.17, 15) is 0 Å². The van der Waals surface area contributed by atoms with E-state index in [1.165, 1.54) is 16.9 Å². The van der Waals surface area contributed by atoms with Gasteiger partial charge in [-0.3, -0.25) is 0 Å². The van der Waals surface area contributed by atoms with Gasteiger partial charge in [0.1, 0.15) is 11.4 Å². The number of aryl methyl sites for hydroxylation is 1. The number of rotatable bonds is 3. The monoisotopic (exact) mass is 362 g/mol. The molecular formula is C16H12Cl2N4S. The predicted molar refractivity (Wildman–Crippen MR) is 97.3 cm³/mol. The molecule has 0 amide bonds. The molecular weight excluding hydrogens is 351 g/mol. The van der Waals surface area contributed by atoms with E-state index >= 15 is 0 Å². The molecule has 116 valence electrons. The maximum atomic E-state index is 6.10. The number of nitrogen functional groups attached to an aromatic ring is 1. The first-order valence-corrected chi connectivity index (χ1v) is 8.30. The number of thiazole rings is 1. The molecule has 0 atom stereocenters. The molecule has 0 saturated heterocycles. The second-order valence-electron chi connectivity index (χ2n) is 4.87. The van der Waals surface area contributed by atoms with E-state index in [-0.39, 0.29) is 0 Å². The van der Waals surface area contributed by atoms with Crippen LogP contribution in [0.5, 0.6) is 0 Å². The number of azo groups is 1. The molecule has 0 bridgehead atoms. The molecule has 0 spiro atoms. The smallest absolute Gasteiger partial charge is 0.182 e. The average Bonchev–Trinajstić information content (AvgIpc) is 2.88. The van der Waals surface area contributed by atoms with Crippen molar-refractivity contribution < 1.29 is 0 Å². The summed E-state index contributed by atoms with van der Waals surface area (Å²) in [4.78, 5) is 4.35. The summed E-state index contributed by atoms with van der Waals surface area (Å²) < 4.78 is 0. The Kier molecular flexibility index (Phi) is 4.61. The van der Waals surface area contributed by atoms with Gasteiger partial charge in [-0.25, -0.2) is 4.98 Å². The lowest BCUT2D eigenvalue weighted by Crippen LogP contribution is -1.83. The number of nitrogens with zero attached hydrogens (tertiary/aromatic N) is 3. The van der Waals surface area contributed by atoms with E-state index < -0.39 is 0 Å². The highest BCUT2D eigenvalue weighted by atomic mass is 35.5. The molecule has 3 aromatic rings. The molecule has 23 heavy (non-hydrogen) atoms. The Bertz CT molecular complexity index is 872. The van der Waals surface area contributed by atoms with Gasteiger partial charge in [-0.15, -0.1) is 10.2 Å². The van der Waals surface area contributed by atoms with Crippen molar-refractivity contribution in [1.82, 2.24) is 4.98 Å². The summed E-state index contributed by atoms with van der Waals surface area (Å²) in [7, 11) is 0. The zero-order valence-electron chi connectivity index (χ0n) is 12.1. The third-order valence-electron chi connectivity index (χ3n) is 3.11. The Morgan fingerprint density at radius 3 is 2.48 bits per heavy atom. The minimum Gasteiger partial charge on any atom is -0.375 e. The molecule has 0 aliphatic carbocycles. The molecule has 0 unspecified atom stereocenters. The average molecular weight is 363 g/mol. The molecule has 2 aromatic carbocycles. The molecule has 0 saturated carbocycles. The first-order valence-electron chi connectivity index (χ1n) is 6.73. The molecule has 1 heterocycles. The second kappa shape index (κ2) is 6.66. The summed E-state index contributed by atoms with van der Waals surface area (Å²) >= 11 is 13.3. The number of aromatic nitrogens is 1. The van der Waals surface area contributed by atoms with Crippen LogP contribution in [0.15, 0.2) is 52.7 Å². The lowest BCUT2D eigenvalue weighted by molar-refractivity contribution is 1.24. The van der Waals surface area contributed by atoms with Gasteiger partial charge in [-0.1, -0.05) is 64.4 Å². The van der Waals surface area contributed by atoms with E-state index in [0.29, 0.717) is 31.6 Å². The van der Waals surface area contributed by atoms with Crippen molar-refractivity contribution >= 4 is 50.4 Å². The third-order valence-corrected chi connectivity index (χ3v) is 4.42. The zero-order valence-corrected chi connectivity index (χ0v) is 14.5. The Morgan fingerprint density at radius 2 is 1.78 bits per heavy atom. The minimum atomic E-state index is 0.440. The van der Waals surface area contributed by atoms with Crippen LogP contribution in [0, 0.1) is 6.92 Å². The van der Waals surface area contributed by atoms with Crippen molar-refractivity contribution in [2.75, 3.05) is 5.73 Å². The van der Waals surface area contributed by atoms with Crippen molar-refractivity contribution in [3.63, 3.8) is 0 Å². The van der Waals surface area contributed by atoms with Crippen LogP contribution < -0.4 is 5.73 Å². The topological polar surface area (TPSA) is 63.6 Å². The molecule has 3 rings (SSSR count). The van der Waals surface area contributed by atoms with Gasteiger partial charge < -0.3 is 5.73 Å². The van der Waals surface area contributed by atoms with Crippen molar-refractivity contribution in [2.45, 2.75) is 6.92 Å². The van der Waals surface area contributed by atoms with E-state index in [1.54, 1.807) is 18.2 Å². The van der Waals surface area contributed by atoms with Gasteiger partial charge in [0.2, 0.25) is 0 Å². The highest BCUT2D eigenvalue weighted by molar-refractivity contribution is 7.19. The SMILES string of the molecule is Cc1ccc(-c2nc(N)sc2N=Nc2ccc(Cl)cc2Cl)cc1. The third kappa shape index (κ3) is 3.69. The maximum Gasteiger partial charge on any atom is 0.182 e. The summed E-state index contributed by atoms with van der Waals surface area (Å²) in [5, 5.41) is 10.5. The summed E-state index contributed by atoms with van der Waals surface area (Å²) in [5.74, 6) is 0. The van der Waals surface area contributed by atoms with Gasteiger partial charge in [0.15, 0.2) is 10.1 Å². The summed E-state index contributed by atoms with van der Waals surface area (Å²) in [5.41, 5.74) is 9.20. The molecule has 0 fully saturated rings. The highest BCUT2D eigenvalue weighted by Crippen LogP contribution is 2.38. The first-order chi connectivity index (χ1) is 11.0. The van der Waals surface area contributed by atoms with Gasteiger partial charge in [0.05, 0.1) is 5.02 Å². The van der Waals surface area contributed by atoms with Crippen LogP contribution >= 0.6 is 34.5 Å². The quantitative estimate of drug-likeness (QED) is 0.546. The Labute approximate surface area is 147 Å². The van der Waals surface area contributed by atoms with Crippen molar-refractivity contribution in [1.29, 1.82) is 0 Å². The number of nitrogens with two attached hydrogens (primary N) is 1. The number of anilines is 1. The summed E-state index contributed by atoms with van der Waals surface area (Å²) in [6.07, 6.45) is 0. The van der Waals surface area contributed by atoms with Gasteiger partial charge in [-0.2, -0.15) is 0 Å². The Balaban J connectivity index is 1.97. The summed E-state index contributed by atoms with van der Waals surface area (Å²) in [6, 6.07) is 13.0. The molecule has 1 aromatic heterocycles. The van der Waals surface area contributed by atoms with Crippen molar-refractivity contribution in [2.24, 2.45) is 10.2 Å². The molecule has 2 N–H and O–H groups in total. The molecule has 7 heteroatoms. The van der Waals surface area contributed by atoms with Crippen molar-refractivity contribution in [3.8, 4) is 11.3 Å². The Hall–Kier alpha value is -1.95. The van der Waals surface area contributed by atoms with E-state index in [4.69, 9.17) is 28.9 Å². The number of hydrogen-bond donors (Lipinski definition) is 1. The number of halogens is 2. The van der Waals surface area contributed by atoms with Crippen LogP contribution in [0.2, 0.25) is 10.0 Å². The molecule has 4 nitrogen and oxygen atoms in total. The van der Waals surface area contributed by atoms with Gasteiger partial charge >= 0.3 is 0 Å². The fraction of sp³-hybridized carbons (Fsp3) is 0.0625. The van der Waals surface area contributed by atoms with E-state index in [0.717, 1.165) is 5.56 Å². The van der Waals surface area contributed by atoms with Crippen LogP contribution in [0.25, 0.3) is 11.3 Å². The van der Waals surface area contributed by atoms with Crippen molar-refractivity contribution in [3.05, 3.63) is 58.1 Å². The fourth-order valence-electron chi connectivity index (χ4n) is 1.96. The van der Waals surface area contributed by atoms with Crippen LogP contribution in [-0.2, 0) is 0 Å². The normalized spacial score (nSPS) is 11.3. The standard InChI is InChI=1S/C16H12Cl2N4S/c1-9-2-4-10(5-3-9)14-15(23-16(19)20-14)22-21-13-7-6-11(17)8-12(13)18/h2-8H,1H3,(H2,19,20). The molecule has 0 aliphatic rings. The van der Waals surface area contributed by atoms with E-state index in [2.05, 4.69) is 15.2 Å². The van der Waals surface area contributed by atoms with Gasteiger partial charge in [0, 0.05) is 10.6 Å². The van der Waals surface area contributed by atoms with Gasteiger partial charge in [-0.05, 0) is 25.1 Å². The zero-order chi connectivity index (χ0) is 16.4. The Morgan fingerprint density at radius 1 is 1.04 bits per heavy atom.